The van der Waals surface area contributed by atoms with E-state index < -0.39 is 0 Å². The molecule has 3 heteroatoms. The van der Waals surface area contributed by atoms with Crippen molar-refractivity contribution in [2.75, 3.05) is 6.61 Å². The van der Waals surface area contributed by atoms with Crippen LogP contribution < -0.4 is 4.74 Å². The molecule has 1 aromatic carbocycles. The fourth-order valence-corrected chi connectivity index (χ4v) is 1.96. The third kappa shape index (κ3) is 1.97. The van der Waals surface area contributed by atoms with E-state index in [2.05, 4.69) is 53.8 Å². The van der Waals surface area contributed by atoms with Crippen LogP contribution >= 0.6 is 0 Å². The molecule has 0 amide bonds. The lowest BCUT2D eigenvalue weighted by atomic mass is 9.77. The lowest BCUT2D eigenvalue weighted by Crippen LogP contribution is -2.18. The maximum atomic E-state index is 5.65. The summed E-state index contributed by atoms with van der Waals surface area (Å²) in [4.78, 5) is 0. The van der Waals surface area contributed by atoms with E-state index in [9.17, 15) is 0 Å². The summed E-state index contributed by atoms with van der Waals surface area (Å²) in [7, 11) is 4.24. The van der Waals surface area contributed by atoms with Crippen LogP contribution in [0.25, 0.3) is 6.08 Å². The summed E-state index contributed by atoms with van der Waals surface area (Å²) >= 11 is 0. The summed E-state index contributed by atoms with van der Waals surface area (Å²) in [5.74, 6) is 1.05. The Balaban J connectivity index is 2.46. The molecule has 0 atom stereocenters. The number of fused-ring (bicyclic) bond motifs is 1. The predicted molar refractivity (Wildman–Crippen MR) is 70.0 cm³/mol. The molecule has 1 nitrogen and oxygen atoms in total. The summed E-state index contributed by atoms with van der Waals surface area (Å²) in [6.07, 6.45) is 2.20. The van der Waals surface area contributed by atoms with Crippen LogP contribution in [0.3, 0.4) is 0 Å². The lowest BCUT2D eigenvalue weighted by Gasteiger charge is -2.15. The van der Waals surface area contributed by atoms with Crippen molar-refractivity contribution in [3.8, 4) is 5.75 Å². The maximum absolute atomic E-state index is 5.65. The van der Waals surface area contributed by atoms with Gasteiger partial charge in [-0.05, 0) is 17.7 Å². The molecule has 0 fully saturated rings. The van der Waals surface area contributed by atoms with E-state index in [1.54, 1.807) is 0 Å². The van der Waals surface area contributed by atoms with Crippen molar-refractivity contribution in [1.82, 2.24) is 0 Å². The molecule has 1 aliphatic rings. The highest BCUT2D eigenvalue weighted by Crippen LogP contribution is 2.38. The van der Waals surface area contributed by atoms with E-state index >= 15 is 0 Å². The summed E-state index contributed by atoms with van der Waals surface area (Å²) < 4.78 is 5.65. The highest BCUT2D eigenvalue weighted by Gasteiger charge is 2.31. The minimum absolute atomic E-state index is 0.154. The van der Waals surface area contributed by atoms with Crippen molar-refractivity contribution in [1.29, 1.82) is 0 Å². The molecule has 76 valence electrons. The monoisotopic (exact) mass is 198 g/mol. The van der Waals surface area contributed by atoms with Gasteiger partial charge in [0, 0.05) is 11.0 Å². The van der Waals surface area contributed by atoms with Crippen molar-refractivity contribution >= 4 is 21.8 Å². The first kappa shape index (κ1) is 10.4. The lowest BCUT2D eigenvalue weighted by molar-refractivity contribution is 0.291. The van der Waals surface area contributed by atoms with Crippen molar-refractivity contribution in [3.05, 3.63) is 34.7 Å². The van der Waals surface area contributed by atoms with Gasteiger partial charge in [-0.2, -0.15) is 0 Å². The second-order valence-corrected chi connectivity index (χ2v) is 5.15. The first-order valence-corrected chi connectivity index (χ1v) is 5.41. The Kier molecular flexibility index (Phi) is 2.41. The number of benzene rings is 1. The maximum Gasteiger partial charge on any atom is 0.123 e. The van der Waals surface area contributed by atoms with Gasteiger partial charge in [-0.25, -0.2) is 0 Å². The van der Waals surface area contributed by atoms with Crippen LogP contribution in [-0.4, -0.2) is 22.3 Å². The van der Waals surface area contributed by atoms with Crippen LogP contribution in [0, 0.1) is 0 Å². The van der Waals surface area contributed by atoms with Gasteiger partial charge in [-0.1, -0.05) is 26.0 Å². The smallest absolute Gasteiger partial charge is 0.123 e. The summed E-state index contributed by atoms with van der Waals surface area (Å²) in [5, 5.41) is 1.33. The highest BCUT2D eigenvalue weighted by atomic mass is 16.5. The molecule has 0 aromatic heterocycles. The Morgan fingerprint density at radius 2 is 2.13 bits per heavy atom. The number of hydrogen-bond donors (Lipinski definition) is 0. The zero-order valence-electron chi connectivity index (χ0n) is 9.92. The topological polar surface area (TPSA) is 9.23 Å². The largest absolute Gasteiger partial charge is 0.492 e. The van der Waals surface area contributed by atoms with Crippen molar-refractivity contribution in [2.45, 2.75) is 19.3 Å². The Labute approximate surface area is 93.3 Å². The van der Waals surface area contributed by atoms with E-state index in [4.69, 9.17) is 4.74 Å². The second kappa shape index (κ2) is 3.48. The molecule has 2 rings (SSSR count). The Morgan fingerprint density at radius 1 is 1.40 bits per heavy atom. The summed E-state index contributed by atoms with van der Waals surface area (Å²) in [6.45, 7) is 5.25. The molecule has 0 saturated carbocycles. The van der Waals surface area contributed by atoms with E-state index in [0.717, 1.165) is 12.4 Å². The molecule has 0 N–H and O–H groups in total. The molecule has 0 unspecified atom stereocenters. The molecular weight excluding hydrogens is 182 g/mol. The highest BCUT2D eigenvalue weighted by molar-refractivity contribution is 6.50. The van der Waals surface area contributed by atoms with E-state index in [0.29, 0.717) is 0 Å². The van der Waals surface area contributed by atoms with Gasteiger partial charge in [0.15, 0.2) is 0 Å². The van der Waals surface area contributed by atoms with Gasteiger partial charge in [0.05, 0.1) is 6.61 Å². The third-order valence-corrected chi connectivity index (χ3v) is 2.78. The Morgan fingerprint density at radius 3 is 2.80 bits per heavy atom. The molecule has 0 saturated heterocycles. The van der Waals surface area contributed by atoms with Crippen molar-refractivity contribution < 1.29 is 4.74 Å². The van der Waals surface area contributed by atoms with Gasteiger partial charge >= 0.3 is 0 Å². The molecule has 0 aliphatic carbocycles. The minimum Gasteiger partial charge on any atom is -0.492 e. The third-order valence-electron chi connectivity index (χ3n) is 2.78. The standard InChI is InChI=1S/C12H16B2O/c1-12(2)7-15-10-4-3-8(5-9(10)12)6-11(13)14/h3-6H,7,13-14H2,1-2H3. The van der Waals surface area contributed by atoms with Crippen LogP contribution in [0.15, 0.2) is 23.6 Å². The van der Waals surface area contributed by atoms with Gasteiger partial charge in [0.1, 0.15) is 21.4 Å². The quantitative estimate of drug-likeness (QED) is 0.609. The van der Waals surface area contributed by atoms with E-state index in [1.807, 2.05) is 0 Å². The van der Waals surface area contributed by atoms with Crippen LogP contribution in [0.1, 0.15) is 25.0 Å². The van der Waals surface area contributed by atoms with Crippen LogP contribution in [0.5, 0.6) is 5.75 Å². The second-order valence-electron chi connectivity index (χ2n) is 5.15. The predicted octanol–water partition coefficient (Wildman–Crippen LogP) is 0.921. The summed E-state index contributed by atoms with van der Waals surface area (Å²) in [6, 6.07) is 6.45. The molecule has 0 radical (unpaired) electrons. The van der Waals surface area contributed by atoms with E-state index in [1.165, 1.54) is 16.5 Å². The number of rotatable bonds is 1. The Bertz CT molecular complexity index is 418. The van der Waals surface area contributed by atoms with Crippen LogP contribution in [0.2, 0.25) is 0 Å². The molecule has 0 spiro atoms. The Hall–Kier alpha value is -1.11. The zero-order valence-corrected chi connectivity index (χ0v) is 9.92. The van der Waals surface area contributed by atoms with E-state index in [-0.39, 0.29) is 5.41 Å². The van der Waals surface area contributed by atoms with Crippen molar-refractivity contribution in [2.24, 2.45) is 0 Å². The molecule has 0 bridgehead atoms. The van der Waals surface area contributed by atoms with Gasteiger partial charge in [0.25, 0.3) is 0 Å². The fraction of sp³-hybridized carbons (Fsp3) is 0.333. The van der Waals surface area contributed by atoms with Gasteiger partial charge in [-0.3, -0.25) is 0 Å². The van der Waals surface area contributed by atoms with Crippen molar-refractivity contribution in [3.63, 3.8) is 0 Å². The number of hydrogen-bond acceptors (Lipinski definition) is 1. The number of ether oxygens (including phenoxy) is 1. The minimum atomic E-state index is 0.154. The zero-order chi connectivity index (χ0) is 11.1. The van der Waals surface area contributed by atoms with Crippen LogP contribution in [0.4, 0.5) is 0 Å². The molecule has 1 heterocycles. The SMILES string of the molecule is BC(B)=Cc1ccc2c(c1)C(C)(C)CO2. The van der Waals surface area contributed by atoms with Gasteiger partial charge < -0.3 is 4.74 Å². The summed E-state index contributed by atoms with van der Waals surface area (Å²) in [5.41, 5.74) is 2.76. The first-order valence-electron chi connectivity index (χ1n) is 5.41. The average Bonchev–Trinajstić information content (AvgIpc) is 2.42. The van der Waals surface area contributed by atoms with Crippen LogP contribution in [-0.2, 0) is 5.41 Å². The fourth-order valence-electron chi connectivity index (χ4n) is 1.96. The normalized spacial score (nSPS) is 16.7. The molecule has 15 heavy (non-hydrogen) atoms. The molecule has 1 aliphatic heterocycles. The molecular formula is C12H16B2O. The molecule has 1 aromatic rings. The first-order chi connectivity index (χ1) is 6.99. The average molecular weight is 198 g/mol. The van der Waals surface area contributed by atoms with Gasteiger partial charge in [0.2, 0.25) is 0 Å². The van der Waals surface area contributed by atoms with Gasteiger partial charge in [-0.15, -0.1) is 5.37 Å².